The van der Waals surface area contributed by atoms with Crippen molar-refractivity contribution in [3.63, 3.8) is 0 Å². The number of aliphatic hydroxyl groups is 1. The van der Waals surface area contributed by atoms with E-state index in [1.165, 1.54) is 32.1 Å². The van der Waals surface area contributed by atoms with Crippen LogP contribution < -0.4 is 0 Å². The summed E-state index contributed by atoms with van der Waals surface area (Å²) >= 11 is 0. The zero-order chi connectivity index (χ0) is 26.5. The summed E-state index contributed by atoms with van der Waals surface area (Å²) in [5.74, 6) is 0.638. The molecule has 3 fully saturated rings. The highest BCUT2D eigenvalue weighted by atomic mass is 16.5. The lowest BCUT2D eigenvalue weighted by Crippen LogP contribution is -2.36. The lowest BCUT2D eigenvalue weighted by molar-refractivity contribution is -0.152. The normalized spacial score (nSPS) is 31.9. The average molecular weight is 501 g/mol. The summed E-state index contributed by atoms with van der Waals surface area (Å²) in [6.07, 6.45) is 15.7. The second-order valence-electron chi connectivity index (χ2n) is 12.6. The molecule has 0 aliphatic heterocycles. The highest BCUT2D eigenvalue weighted by molar-refractivity contribution is 5.76. The molecule has 0 aromatic rings. The largest absolute Gasteiger partial charge is 0.481 e. The maximum Gasteiger partial charge on any atom is 0.306 e. The summed E-state index contributed by atoms with van der Waals surface area (Å²) in [6, 6.07) is 0. The Morgan fingerprint density at radius 1 is 1.19 bits per heavy atom. The van der Waals surface area contributed by atoms with Crippen molar-refractivity contribution in [1.82, 2.24) is 0 Å². The summed E-state index contributed by atoms with van der Waals surface area (Å²) in [7, 11) is 0. The van der Waals surface area contributed by atoms with Gasteiger partial charge in [0.2, 0.25) is 0 Å². The molecule has 3 saturated carbocycles. The number of carboxylic acids is 1. The minimum absolute atomic E-state index is 0.0759. The highest BCUT2D eigenvalue weighted by Gasteiger charge is 2.50. The van der Waals surface area contributed by atoms with Gasteiger partial charge < -0.3 is 14.9 Å². The number of fused-ring (bicyclic) bond motifs is 1. The van der Waals surface area contributed by atoms with Crippen LogP contribution >= 0.6 is 0 Å². The molecule has 0 aromatic carbocycles. The number of hydrogen-bond acceptors (Lipinski definition) is 4. The molecule has 2 N–H and O–H groups in total. The number of allylic oxidation sites excluding steroid dienone is 4. The first-order valence-corrected chi connectivity index (χ1v) is 14.1. The van der Waals surface area contributed by atoms with Gasteiger partial charge in [0, 0.05) is 6.42 Å². The Hall–Kier alpha value is -1.88. The van der Waals surface area contributed by atoms with Crippen molar-refractivity contribution in [3.8, 4) is 0 Å². The number of carboxylic acid groups (broad SMARTS) is 1. The predicted molar refractivity (Wildman–Crippen MR) is 143 cm³/mol. The maximum atomic E-state index is 12.0. The van der Waals surface area contributed by atoms with Gasteiger partial charge >= 0.3 is 11.9 Å². The fourth-order valence-electron chi connectivity index (χ4n) is 7.21. The minimum Gasteiger partial charge on any atom is -0.481 e. The molecule has 0 unspecified atom stereocenters. The van der Waals surface area contributed by atoms with Crippen LogP contribution in [0.3, 0.4) is 0 Å². The van der Waals surface area contributed by atoms with E-state index in [0.29, 0.717) is 23.7 Å². The number of esters is 1. The summed E-state index contributed by atoms with van der Waals surface area (Å²) < 4.78 is 5.57. The Labute approximate surface area is 218 Å². The van der Waals surface area contributed by atoms with Gasteiger partial charge in [-0.2, -0.15) is 0 Å². The molecule has 36 heavy (non-hydrogen) atoms. The van der Waals surface area contributed by atoms with Crippen molar-refractivity contribution in [3.05, 3.63) is 35.5 Å². The van der Waals surface area contributed by atoms with E-state index in [1.807, 2.05) is 13.8 Å². The van der Waals surface area contributed by atoms with Crippen LogP contribution in [0.2, 0.25) is 0 Å². The van der Waals surface area contributed by atoms with Gasteiger partial charge in [-0.1, -0.05) is 56.6 Å². The van der Waals surface area contributed by atoms with E-state index in [4.69, 9.17) is 9.84 Å². The van der Waals surface area contributed by atoms with Crippen LogP contribution in [0, 0.1) is 23.2 Å². The predicted octanol–water partition coefficient (Wildman–Crippen LogP) is 7.15. The van der Waals surface area contributed by atoms with Crippen molar-refractivity contribution in [2.75, 3.05) is 0 Å². The van der Waals surface area contributed by atoms with E-state index < -0.39 is 17.5 Å². The lowest BCUT2D eigenvalue weighted by atomic mass is 9.60. The number of aliphatic carboxylic acids is 1. The third-order valence-electron chi connectivity index (χ3n) is 9.18. The zero-order valence-corrected chi connectivity index (χ0v) is 23.0. The Kier molecular flexibility index (Phi) is 9.65. The molecule has 202 valence electrons. The van der Waals surface area contributed by atoms with Gasteiger partial charge in [0.05, 0.1) is 18.4 Å². The van der Waals surface area contributed by atoms with E-state index in [0.717, 1.165) is 49.2 Å². The van der Waals surface area contributed by atoms with Crippen LogP contribution in [-0.4, -0.2) is 33.9 Å². The second-order valence-corrected chi connectivity index (χ2v) is 12.6. The van der Waals surface area contributed by atoms with E-state index in [2.05, 4.69) is 32.6 Å². The first-order chi connectivity index (χ1) is 16.9. The lowest BCUT2D eigenvalue weighted by Gasteiger charge is -2.44. The van der Waals surface area contributed by atoms with Crippen LogP contribution in [0.15, 0.2) is 35.5 Å². The van der Waals surface area contributed by atoms with Crippen molar-refractivity contribution in [2.45, 2.75) is 123 Å². The molecule has 0 spiro atoms. The molecule has 3 rings (SSSR count). The van der Waals surface area contributed by atoms with Gasteiger partial charge in [-0.05, 0) is 94.0 Å². The highest BCUT2D eigenvalue weighted by Crippen LogP contribution is 2.60. The van der Waals surface area contributed by atoms with Gasteiger partial charge in [-0.15, -0.1) is 0 Å². The van der Waals surface area contributed by atoms with E-state index >= 15 is 0 Å². The van der Waals surface area contributed by atoms with Crippen molar-refractivity contribution < 1.29 is 24.5 Å². The molecule has 5 atom stereocenters. The molecule has 0 amide bonds. The van der Waals surface area contributed by atoms with Gasteiger partial charge in [-0.25, -0.2) is 0 Å². The molecular formula is C31H48O5. The number of ether oxygens (including phenoxy) is 1. The van der Waals surface area contributed by atoms with Crippen molar-refractivity contribution >= 4 is 11.9 Å². The standard InChI is InChI=1S/C31H48O5/c1-21-10-13-25(36-29(34)17-16-28(32)33)20-24(21)12-11-23-9-7-19-31(5)26(14-15-27(23)31)22(2)8-6-18-30(3,4)35/h11-12,22,25-27,35H,1,6-10,13-20H2,2-5H3,(H,32,33)/b23-11+,24-12+/t22-,25+,26-,27+,31+/m1/s1. The fraction of sp³-hybridized carbons (Fsp3) is 0.742. The van der Waals surface area contributed by atoms with Gasteiger partial charge in [-0.3, -0.25) is 9.59 Å². The monoisotopic (exact) mass is 500 g/mol. The SMILES string of the molecule is C=C1CC[C@H](OC(=O)CCC(=O)O)C/C1=C\C=C1/CCC[C@@]2(C)[C@@H]([C@H](C)CCCC(C)(C)O)CC[C@@H]12. The van der Waals surface area contributed by atoms with Crippen LogP contribution in [0.25, 0.3) is 0 Å². The van der Waals surface area contributed by atoms with Crippen LogP contribution in [0.5, 0.6) is 0 Å². The molecule has 5 heteroatoms. The van der Waals surface area contributed by atoms with Crippen molar-refractivity contribution in [1.29, 1.82) is 0 Å². The molecule has 0 bridgehead atoms. The molecule has 0 heterocycles. The molecule has 0 radical (unpaired) electrons. The number of rotatable bonds is 10. The summed E-state index contributed by atoms with van der Waals surface area (Å²) in [6.45, 7) is 13.0. The van der Waals surface area contributed by atoms with E-state index in [1.54, 1.807) is 5.57 Å². The second kappa shape index (κ2) is 12.1. The first-order valence-electron chi connectivity index (χ1n) is 14.1. The smallest absolute Gasteiger partial charge is 0.306 e. The topological polar surface area (TPSA) is 83.8 Å². The maximum absolute atomic E-state index is 12.0. The third-order valence-corrected chi connectivity index (χ3v) is 9.18. The summed E-state index contributed by atoms with van der Waals surface area (Å²) in [4.78, 5) is 22.7. The molecule has 0 saturated heterocycles. The van der Waals surface area contributed by atoms with Crippen LogP contribution in [0.4, 0.5) is 0 Å². The van der Waals surface area contributed by atoms with E-state index in [-0.39, 0.29) is 18.9 Å². The molecule has 3 aliphatic carbocycles. The Morgan fingerprint density at radius 3 is 2.64 bits per heavy atom. The Balaban J connectivity index is 1.64. The Morgan fingerprint density at radius 2 is 1.94 bits per heavy atom. The number of carbonyl (C=O) groups excluding carboxylic acids is 1. The molecular weight excluding hydrogens is 452 g/mol. The molecule has 3 aliphatic rings. The van der Waals surface area contributed by atoms with Crippen LogP contribution in [0.1, 0.15) is 111 Å². The zero-order valence-electron chi connectivity index (χ0n) is 23.0. The summed E-state index contributed by atoms with van der Waals surface area (Å²) in [5, 5.41) is 18.9. The first kappa shape index (κ1) is 28.7. The van der Waals surface area contributed by atoms with Gasteiger partial charge in [0.1, 0.15) is 6.10 Å². The van der Waals surface area contributed by atoms with Crippen molar-refractivity contribution in [2.24, 2.45) is 23.2 Å². The van der Waals surface area contributed by atoms with Gasteiger partial charge in [0.15, 0.2) is 0 Å². The number of hydrogen-bond donors (Lipinski definition) is 2. The summed E-state index contributed by atoms with van der Waals surface area (Å²) in [5.41, 5.74) is 3.62. The third kappa shape index (κ3) is 7.57. The number of carbonyl (C=O) groups is 2. The van der Waals surface area contributed by atoms with Crippen LogP contribution in [-0.2, 0) is 14.3 Å². The fourth-order valence-corrected chi connectivity index (χ4v) is 7.21. The van der Waals surface area contributed by atoms with Gasteiger partial charge in [0.25, 0.3) is 0 Å². The molecule has 0 aromatic heterocycles. The average Bonchev–Trinajstić information content (AvgIpc) is 3.14. The minimum atomic E-state index is -0.978. The Bertz CT molecular complexity index is 876. The van der Waals surface area contributed by atoms with E-state index in [9.17, 15) is 14.7 Å². The quantitative estimate of drug-likeness (QED) is 0.311. The molecule has 5 nitrogen and oxygen atoms in total.